The lowest BCUT2D eigenvalue weighted by Crippen LogP contribution is -2.21. The number of aldehydes is 1. The smallest absolute Gasteiger partial charge is 0.162 e. The second kappa shape index (κ2) is 10.0. The van der Waals surface area contributed by atoms with Gasteiger partial charge in [0.2, 0.25) is 0 Å². The Balaban J connectivity index is 2.30. The molecule has 0 aliphatic rings. The lowest BCUT2D eigenvalue weighted by Gasteiger charge is -2.17. The molecule has 0 saturated carbocycles. The molecule has 0 amide bonds. The number of aliphatic hydroxyl groups is 1. The maximum atomic E-state index is 14.4. The van der Waals surface area contributed by atoms with Crippen LogP contribution >= 0.6 is 0 Å². The van der Waals surface area contributed by atoms with Gasteiger partial charge in [-0.2, -0.15) is 0 Å². The van der Waals surface area contributed by atoms with Gasteiger partial charge in [-0.15, -0.1) is 0 Å². The molecule has 2 unspecified atom stereocenters. The number of aromatic nitrogens is 2. The Bertz CT molecular complexity index is 823. The Labute approximate surface area is 163 Å². The molecule has 0 saturated heterocycles. The summed E-state index contributed by atoms with van der Waals surface area (Å²) in [6.45, 7) is 3.74. The van der Waals surface area contributed by atoms with Gasteiger partial charge < -0.3 is 10.0 Å². The van der Waals surface area contributed by atoms with Gasteiger partial charge in [0.15, 0.2) is 12.1 Å². The van der Waals surface area contributed by atoms with E-state index < -0.39 is 18.1 Å². The van der Waals surface area contributed by atoms with Crippen molar-refractivity contribution in [3.05, 3.63) is 53.2 Å². The van der Waals surface area contributed by atoms with Crippen LogP contribution in [-0.4, -0.2) is 46.0 Å². The molecule has 5 nitrogen and oxygen atoms in total. The average Bonchev–Trinajstić information content (AvgIpc) is 2.66. The van der Waals surface area contributed by atoms with Crippen molar-refractivity contribution in [2.45, 2.75) is 39.0 Å². The third-order valence-corrected chi connectivity index (χ3v) is 4.29. The second-order valence-electron chi connectivity index (χ2n) is 6.74. The Morgan fingerprint density at radius 3 is 2.50 bits per heavy atom. The van der Waals surface area contributed by atoms with Crippen molar-refractivity contribution in [3.63, 3.8) is 0 Å². The summed E-state index contributed by atoms with van der Waals surface area (Å²) in [5.41, 5.74) is 1.31. The number of nitrogens with zero attached hydrogens (tertiary/aromatic N) is 3. The van der Waals surface area contributed by atoms with Crippen molar-refractivity contribution in [2.24, 2.45) is 0 Å². The van der Waals surface area contributed by atoms with Crippen molar-refractivity contribution in [2.75, 3.05) is 13.6 Å². The molecule has 0 aliphatic heterocycles. The fourth-order valence-corrected chi connectivity index (χ4v) is 2.70. The minimum Gasteiger partial charge on any atom is -0.389 e. The van der Waals surface area contributed by atoms with Gasteiger partial charge in [0.1, 0.15) is 12.0 Å². The predicted octanol–water partition coefficient (Wildman–Crippen LogP) is 4.19. The second-order valence-corrected chi connectivity index (χ2v) is 6.74. The molecule has 0 spiro atoms. The van der Waals surface area contributed by atoms with E-state index in [2.05, 4.69) is 9.97 Å². The van der Waals surface area contributed by atoms with Gasteiger partial charge in [-0.1, -0.05) is 13.3 Å². The number of benzene rings is 1. The number of rotatable bonds is 9. The fourth-order valence-electron chi connectivity index (χ4n) is 2.70. The zero-order chi connectivity index (χ0) is 20.7. The molecule has 1 aromatic heterocycles. The van der Waals surface area contributed by atoms with Crippen LogP contribution in [0.4, 0.5) is 8.78 Å². The molecule has 0 bridgehead atoms. The molecule has 0 aliphatic carbocycles. The number of hydrogen-bond acceptors (Lipinski definition) is 5. The van der Waals surface area contributed by atoms with Gasteiger partial charge in [-0.25, -0.2) is 18.7 Å². The van der Waals surface area contributed by atoms with E-state index in [0.29, 0.717) is 23.8 Å². The number of carbonyl (C=O) groups excluding carboxylic acids is 1. The van der Waals surface area contributed by atoms with Crippen LogP contribution in [-0.2, 0) is 0 Å². The molecule has 2 atom stereocenters. The first-order valence-corrected chi connectivity index (χ1v) is 9.17. The van der Waals surface area contributed by atoms with Crippen molar-refractivity contribution >= 4 is 12.4 Å². The molecule has 1 aromatic carbocycles. The number of halogens is 2. The summed E-state index contributed by atoms with van der Waals surface area (Å²) >= 11 is 0. The molecular formula is C21H25F2N3O2. The van der Waals surface area contributed by atoms with E-state index >= 15 is 0 Å². The van der Waals surface area contributed by atoms with E-state index in [0.717, 1.165) is 12.5 Å². The molecule has 1 N–H and O–H groups in total. The molecule has 7 heteroatoms. The minimum absolute atomic E-state index is 0.138. The van der Waals surface area contributed by atoms with Crippen LogP contribution in [0.5, 0.6) is 0 Å². The molecular weight excluding hydrogens is 364 g/mol. The monoisotopic (exact) mass is 389 g/mol. The van der Waals surface area contributed by atoms with Crippen LogP contribution in [0.3, 0.4) is 0 Å². The summed E-state index contributed by atoms with van der Waals surface area (Å²) in [5, 5.41) is 9.54. The van der Waals surface area contributed by atoms with Crippen LogP contribution in [0.15, 0.2) is 30.7 Å². The van der Waals surface area contributed by atoms with Crippen molar-refractivity contribution in [1.29, 1.82) is 0 Å². The number of carbonyl (C=O) groups is 1. The van der Waals surface area contributed by atoms with Gasteiger partial charge in [0, 0.05) is 37.1 Å². The van der Waals surface area contributed by atoms with E-state index in [1.807, 2.05) is 6.92 Å². The summed E-state index contributed by atoms with van der Waals surface area (Å²) < 4.78 is 28.2. The molecule has 2 aromatic rings. The SMILES string of the molecule is CCCC(F)CN(C)/C=C\c1cc(-c2ncc(C(C)O)cn2)c(F)cc1C=O. The standard InChI is InChI=1S/C21H25F2N3O2/c1-4-5-18(22)12-26(3)7-6-15-8-19(20(23)9-16(15)13-27)21-24-10-17(11-25-21)14(2)28/h6-11,13-14,18,28H,4-5,12H2,1-3H3/b7-6-. The van der Waals surface area contributed by atoms with Crippen molar-refractivity contribution in [3.8, 4) is 11.4 Å². The Morgan fingerprint density at radius 1 is 1.25 bits per heavy atom. The summed E-state index contributed by atoms with van der Waals surface area (Å²) in [6, 6.07) is 2.61. The number of aliphatic hydroxyl groups excluding tert-OH is 1. The summed E-state index contributed by atoms with van der Waals surface area (Å²) in [7, 11) is 1.74. The molecule has 0 radical (unpaired) electrons. The van der Waals surface area contributed by atoms with E-state index in [1.54, 1.807) is 31.1 Å². The third-order valence-electron chi connectivity index (χ3n) is 4.29. The first-order chi connectivity index (χ1) is 13.3. The lowest BCUT2D eigenvalue weighted by molar-refractivity contribution is 0.112. The summed E-state index contributed by atoms with van der Waals surface area (Å²) in [5.74, 6) is -0.474. The largest absolute Gasteiger partial charge is 0.389 e. The predicted molar refractivity (Wildman–Crippen MR) is 105 cm³/mol. The number of hydrogen-bond donors (Lipinski definition) is 1. The molecule has 0 fully saturated rings. The molecule has 28 heavy (non-hydrogen) atoms. The normalized spacial score (nSPS) is 13.5. The van der Waals surface area contributed by atoms with E-state index in [9.17, 15) is 18.7 Å². The molecule has 150 valence electrons. The first-order valence-electron chi connectivity index (χ1n) is 9.17. The number of alkyl halides is 1. The Hall–Kier alpha value is -2.67. The third kappa shape index (κ3) is 5.66. The van der Waals surface area contributed by atoms with Gasteiger partial charge in [0.25, 0.3) is 0 Å². The van der Waals surface area contributed by atoms with Crippen LogP contribution in [0.25, 0.3) is 17.5 Å². The van der Waals surface area contributed by atoms with Crippen LogP contribution in [0.1, 0.15) is 54.3 Å². The summed E-state index contributed by atoms with van der Waals surface area (Å²) in [4.78, 5) is 21.2. The van der Waals surface area contributed by atoms with Gasteiger partial charge in [-0.3, -0.25) is 4.79 Å². The highest BCUT2D eigenvalue weighted by Gasteiger charge is 2.13. The zero-order valence-corrected chi connectivity index (χ0v) is 16.3. The van der Waals surface area contributed by atoms with Crippen LogP contribution < -0.4 is 0 Å². The quantitative estimate of drug-likeness (QED) is 0.652. The van der Waals surface area contributed by atoms with Gasteiger partial charge >= 0.3 is 0 Å². The highest BCUT2D eigenvalue weighted by Crippen LogP contribution is 2.24. The topological polar surface area (TPSA) is 66.3 Å². The van der Waals surface area contributed by atoms with Crippen LogP contribution in [0, 0.1) is 5.82 Å². The van der Waals surface area contributed by atoms with Crippen LogP contribution in [0.2, 0.25) is 0 Å². The Kier molecular flexibility index (Phi) is 7.75. The van der Waals surface area contributed by atoms with E-state index in [1.165, 1.54) is 18.5 Å². The van der Waals surface area contributed by atoms with E-state index in [4.69, 9.17) is 0 Å². The highest BCUT2D eigenvalue weighted by molar-refractivity contribution is 5.84. The van der Waals surface area contributed by atoms with Gasteiger partial charge in [0.05, 0.1) is 11.7 Å². The van der Waals surface area contributed by atoms with E-state index in [-0.39, 0.29) is 23.5 Å². The summed E-state index contributed by atoms with van der Waals surface area (Å²) in [6.07, 6.45) is 6.31. The average molecular weight is 389 g/mol. The van der Waals surface area contributed by atoms with Crippen molar-refractivity contribution < 1.29 is 18.7 Å². The van der Waals surface area contributed by atoms with Gasteiger partial charge in [-0.05, 0) is 43.3 Å². The van der Waals surface area contributed by atoms with Crippen molar-refractivity contribution in [1.82, 2.24) is 14.9 Å². The first kappa shape index (κ1) is 21.6. The maximum Gasteiger partial charge on any atom is 0.162 e. The molecule has 2 rings (SSSR count). The zero-order valence-electron chi connectivity index (χ0n) is 16.3. The fraction of sp³-hybridized carbons (Fsp3) is 0.381. The minimum atomic E-state index is -0.935. The highest BCUT2D eigenvalue weighted by atomic mass is 19.1. The maximum absolute atomic E-state index is 14.4. The lowest BCUT2D eigenvalue weighted by atomic mass is 10.0. The Morgan fingerprint density at radius 2 is 1.93 bits per heavy atom. The molecule has 1 heterocycles.